The zero-order valence-electron chi connectivity index (χ0n) is 14.4. The Kier molecular flexibility index (Phi) is 3.36. The first-order valence-corrected chi connectivity index (χ1v) is 9.16. The highest BCUT2D eigenvalue weighted by atomic mass is 32.1. The van der Waals surface area contributed by atoms with E-state index >= 15 is 0 Å². The Labute approximate surface area is 153 Å². The van der Waals surface area contributed by atoms with Gasteiger partial charge in [0.25, 0.3) is 0 Å². The average Bonchev–Trinajstić information content (AvgIpc) is 3.32. The fourth-order valence-corrected chi connectivity index (χ4v) is 4.04. The average molecular weight is 360 g/mol. The van der Waals surface area contributed by atoms with Crippen LogP contribution < -0.4 is 0 Å². The van der Waals surface area contributed by atoms with Crippen LogP contribution in [-0.2, 0) is 13.5 Å². The van der Waals surface area contributed by atoms with Gasteiger partial charge in [-0.2, -0.15) is 10.2 Å². The van der Waals surface area contributed by atoms with Crippen LogP contribution in [0.3, 0.4) is 0 Å². The Morgan fingerprint density at radius 2 is 2.04 bits per heavy atom. The van der Waals surface area contributed by atoms with Crippen molar-refractivity contribution in [1.29, 1.82) is 0 Å². The van der Waals surface area contributed by atoms with E-state index in [1.807, 2.05) is 49.2 Å². The third kappa shape index (κ3) is 2.57. The number of rotatable bonds is 3. The molecule has 0 saturated carbocycles. The summed E-state index contributed by atoms with van der Waals surface area (Å²) in [5, 5.41) is 10.1. The Bertz CT molecular complexity index is 1250. The molecule has 0 spiro atoms. The van der Waals surface area contributed by atoms with Crippen LogP contribution in [0.1, 0.15) is 16.3 Å². The summed E-state index contributed by atoms with van der Waals surface area (Å²) in [5.41, 5.74) is 6.09. The maximum Gasteiger partial charge on any atom is 0.153 e. The molecule has 4 heterocycles. The van der Waals surface area contributed by atoms with Gasteiger partial charge in [0.05, 0.1) is 39.0 Å². The van der Waals surface area contributed by atoms with Crippen molar-refractivity contribution < 1.29 is 0 Å². The number of aromatic nitrogens is 6. The molecule has 0 aliphatic carbocycles. The molecular weight excluding hydrogens is 344 g/mol. The Balaban J connectivity index is 1.55. The molecule has 0 radical (unpaired) electrons. The minimum atomic E-state index is 0.775. The molecule has 5 aromatic rings. The van der Waals surface area contributed by atoms with Crippen LogP contribution in [0.5, 0.6) is 0 Å². The number of benzene rings is 1. The standard InChI is InChI=1S/C19H16N6S/c1-12-22-17-4-3-13(8-18(17)26-12)7-15-10-20-19-6-5-16(23-25(15)19)14-9-21-24(2)11-14/h3-6,8-11H,7H2,1-2H3. The third-order valence-electron chi connectivity index (χ3n) is 4.38. The van der Waals surface area contributed by atoms with Crippen LogP contribution in [0.2, 0.25) is 0 Å². The second kappa shape index (κ2) is 5.74. The first-order valence-electron chi connectivity index (χ1n) is 8.34. The predicted molar refractivity (Wildman–Crippen MR) is 102 cm³/mol. The lowest BCUT2D eigenvalue weighted by Crippen LogP contribution is -2.00. The van der Waals surface area contributed by atoms with E-state index < -0.39 is 0 Å². The van der Waals surface area contributed by atoms with Crippen molar-refractivity contribution in [2.75, 3.05) is 0 Å². The maximum atomic E-state index is 4.77. The second-order valence-electron chi connectivity index (χ2n) is 6.35. The van der Waals surface area contributed by atoms with Gasteiger partial charge in [-0.3, -0.25) is 4.68 Å². The summed E-state index contributed by atoms with van der Waals surface area (Å²) in [5.74, 6) is 0. The predicted octanol–water partition coefficient (Wildman–Crippen LogP) is 3.64. The van der Waals surface area contributed by atoms with Crippen LogP contribution >= 0.6 is 11.3 Å². The third-order valence-corrected chi connectivity index (χ3v) is 5.31. The van der Waals surface area contributed by atoms with Gasteiger partial charge in [-0.1, -0.05) is 6.07 Å². The highest BCUT2D eigenvalue weighted by Gasteiger charge is 2.10. The molecule has 0 N–H and O–H groups in total. The number of nitrogens with zero attached hydrogens (tertiary/aromatic N) is 6. The number of hydrogen-bond acceptors (Lipinski definition) is 5. The Morgan fingerprint density at radius 1 is 1.12 bits per heavy atom. The lowest BCUT2D eigenvalue weighted by Gasteiger charge is -2.04. The van der Waals surface area contributed by atoms with Gasteiger partial charge in [-0.15, -0.1) is 11.3 Å². The van der Waals surface area contributed by atoms with E-state index in [4.69, 9.17) is 5.10 Å². The largest absolute Gasteiger partial charge is 0.275 e. The van der Waals surface area contributed by atoms with Crippen LogP contribution in [0, 0.1) is 6.92 Å². The number of aryl methyl sites for hydroxylation is 2. The molecule has 0 aliphatic heterocycles. The van der Waals surface area contributed by atoms with Crippen molar-refractivity contribution in [2.24, 2.45) is 7.05 Å². The van der Waals surface area contributed by atoms with Gasteiger partial charge in [0.2, 0.25) is 0 Å². The number of imidazole rings is 1. The molecule has 0 aliphatic rings. The number of hydrogen-bond donors (Lipinski definition) is 0. The number of fused-ring (bicyclic) bond motifs is 2. The minimum absolute atomic E-state index is 0.775. The van der Waals surface area contributed by atoms with Crippen molar-refractivity contribution in [2.45, 2.75) is 13.3 Å². The van der Waals surface area contributed by atoms with Crippen molar-refractivity contribution in [3.05, 3.63) is 65.2 Å². The molecule has 7 heteroatoms. The fourth-order valence-electron chi connectivity index (χ4n) is 3.15. The van der Waals surface area contributed by atoms with E-state index in [0.29, 0.717) is 0 Å². The summed E-state index contributed by atoms with van der Waals surface area (Å²) in [7, 11) is 1.90. The molecule has 0 atom stereocenters. The van der Waals surface area contributed by atoms with Crippen molar-refractivity contribution in [3.8, 4) is 11.3 Å². The Hall–Kier alpha value is -3.06. The summed E-state index contributed by atoms with van der Waals surface area (Å²) in [6.45, 7) is 2.04. The monoisotopic (exact) mass is 360 g/mol. The zero-order chi connectivity index (χ0) is 17.7. The normalized spacial score (nSPS) is 11.6. The van der Waals surface area contributed by atoms with Crippen LogP contribution in [-0.4, -0.2) is 29.4 Å². The molecule has 128 valence electrons. The van der Waals surface area contributed by atoms with E-state index in [1.165, 1.54) is 10.3 Å². The molecule has 4 aromatic heterocycles. The summed E-state index contributed by atoms with van der Waals surface area (Å²) >= 11 is 1.73. The van der Waals surface area contributed by atoms with E-state index in [-0.39, 0.29) is 0 Å². The molecule has 0 unspecified atom stereocenters. The van der Waals surface area contributed by atoms with Crippen molar-refractivity contribution >= 4 is 27.2 Å². The molecule has 0 fully saturated rings. The van der Waals surface area contributed by atoms with Crippen LogP contribution in [0.15, 0.2) is 48.9 Å². The van der Waals surface area contributed by atoms with Crippen molar-refractivity contribution in [1.82, 2.24) is 29.4 Å². The zero-order valence-corrected chi connectivity index (χ0v) is 15.2. The van der Waals surface area contributed by atoms with Gasteiger partial charge in [-0.25, -0.2) is 14.5 Å². The number of thiazole rings is 1. The molecular formula is C19H16N6S. The quantitative estimate of drug-likeness (QED) is 0.493. The Morgan fingerprint density at radius 3 is 2.88 bits per heavy atom. The van der Waals surface area contributed by atoms with Crippen molar-refractivity contribution in [3.63, 3.8) is 0 Å². The summed E-state index contributed by atoms with van der Waals surface area (Å²) in [6, 6.07) is 10.4. The fraction of sp³-hybridized carbons (Fsp3) is 0.158. The molecule has 0 bridgehead atoms. The molecule has 26 heavy (non-hydrogen) atoms. The molecule has 0 amide bonds. The highest BCUT2D eigenvalue weighted by Crippen LogP contribution is 2.24. The van der Waals surface area contributed by atoms with Gasteiger partial charge in [0.15, 0.2) is 5.65 Å². The van der Waals surface area contributed by atoms with E-state index in [9.17, 15) is 0 Å². The smallest absolute Gasteiger partial charge is 0.153 e. The molecule has 1 aromatic carbocycles. The van der Waals surface area contributed by atoms with Crippen LogP contribution in [0.4, 0.5) is 0 Å². The highest BCUT2D eigenvalue weighted by molar-refractivity contribution is 7.18. The van der Waals surface area contributed by atoms with Crippen LogP contribution in [0.25, 0.3) is 27.1 Å². The van der Waals surface area contributed by atoms with E-state index in [1.54, 1.807) is 16.0 Å². The molecule has 6 nitrogen and oxygen atoms in total. The van der Waals surface area contributed by atoms with E-state index in [0.717, 1.165) is 39.5 Å². The van der Waals surface area contributed by atoms with Gasteiger partial charge in [-0.05, 0) is 36.8 Å². The molecule has 0 saturated heterocycles. The van der Waals surface area contributed by atoms with Gasteiger partial charge >= 0.3 is 0 Å². The van der Waals surface area contributed by atoms with Gasteiger partial charge in [0.1, 0.15) is 0 Å². The summed E-state index contributed by atoms with van der Waals surface area (Å²) in [6.07, 6.45) is 6.46. The lowest BCUT2D eigenvalue weighted by molar-refractivity contribution is 0.768. The van der Waals surface area contributed by atoms with Gasteiger partial charge < -0.3 is 0 Å². The molecule has 5 rings (SSSR count). The minimum Gasteiger partial charge on any atom is -0.275 e. The lowest BCUT2D eigenvalue weighted by atomic mass is 10.1. The topological polar surface area (TPSA) is 60.9 Å². The van der Waals surface area contributed by atoms with Gasteiger partial charge in [0, 0.05) is 25.2 Å². The first kappa shape index (κ1) is 15.2. The second-order valence-corrected chi connectivity index (χ2v) is 7.59. The SMILES string of the molecule is Cc1nc2ccc(Cc3cnc4ccc(-c5cnn(C)c5)nn34)cc2s1. The first-order chi connectivity index (χ1) is 12.7. The maximum absolute atomic E-state index is 4.77. The summed E-state index contributed by atoms with van der Waals surface area (Å²) < 4.78 is 4.92. The summed E-state index contributed by atoms with van der Waals surface area (Å²) in [4.78, 5) is 9.02. The van der Waals surface area contributed by atoms with E-state index in [2.05, 4.69) is 33.3 Å².